The van der Waals surface area contributed by atoms with Crippen LogP contribution in [0.4, 0.5) is 0 Å². The zero-order valence-corrected chi connectivity index (χ0v) is 36.8. The van der Waals surface area contributed by atoms with Crippen LogP contribution in [-0.2, 0) is 0 Å². The van der Waals surface area contributed by atoms with E-state index in [2.05, 4.69) is 180 Å². The normalized spacial score (nSPS) is 14.2. The lowest BCUT2D eigenvalue weighted by atomic mass is 9.61. The molecule has 68 heavy (non-hydrogen) atoms. The molecule has 3 aliphatic rings. The molecule has 0 amide bonds. The molecule has 1 unspecified atom stereocenters. The maximum Gasteiger partial charge on any atom is 0.160 e. The van der Waals surface area contributed by atoms with Gasteiger partial charge in [0.05, 0.1) is 22.8 Å². The van der Waals surface area contributed by atoms with E-state index in [-0.39, 0.29) is 11.8 Å². The molecule has 0 spiro atoms. The first-order valence-corrected chi connectivity index (χ1v) is 23.0. The molecule has 2 bridgehead atoms. The summed E-state index contributed by atoms with van der Waals surface area (Å²) in [5.41, 5.74) is 21.8. The summed E-state index contributed by atoms with van der Waals surface area (Å²) in [5.74, 6) is 1.43. The number of hydrogen-bond acceptors (Lipinski definition) is 6. The van der Waals surface area contributed by atoms with Gasteiger partial charge in [0.15, 0.2) is 11.6 Å². The van der Waals surface area contributed by atoms with Crippen LogP contribution in [0.1, 0.15) is 45.2 Å². The Morgan fingerprint density at radius 2 is 0.588 bits per heavy atom. The summed E-state index contributed by atoms with van der Waals surface area (Å²) in [7, 11) is 0. The maximum absolute atomic E-state index is 5.37. The molecule has 0 aliphatic heterocycles. The van der Waals surface area contributed by atoms with Crippen LogP contribution in [0.5, 0.6) is 0 Å². The van der Waals surface area contributed by atoms with Crippen LogP contribution in [0, 0.1) is 0 Å². The van der Waals surface area contributed by atoms with Gasteiger partial charge in [-0.15, -0.1) is 0 Å². The van der Waals surface area contributed by atoms with Crippen molar-refractivity contribution in [3.63, 3.8) is 0 Å². The van der Waals surface area contributed by atoms with Crippen LogP contribution in [0.25, 0.3) is 90.1 Å². The molecule has 0 radical (unpaired) electrons. The van der Waals surface area contributed by atoms with Gasteiger partial charge in [0, 0.05) is 70.0 Å². The predicted octanol–water partition coefficient (Wildman–Crippen LogP) is 14.4. The van der Waals surface area contributed by atoms with E-state index in [4.69, 9.17) is 19.9 Å². The third-order valence-electron chi connectivity index (χ3n) is 13.5. The quantitative estimate of drug-likeness (QED) is 0.151. The fourth-order valence-corrected chi connectivity index (χ4v) is 10.4. The molecular weight excluding hydrogens is 829 g/mol. The first kappa shape index (κ1) is 39.4. The summed E-state index contributed by atoms with van der Waals surface area (Å²) < 4.78 is 0. The largest absolute Gasteiger partial charge is 0.265 e. The second kappa shape index (κ2) is 16.5. The molecule has 0 saturated carbocycles. The highest BCUT2D eigenvalue weighted by Crippen LogP contribution is 2.56. The number of benzene rings is 7. The summed E-state index contributed by atoms with van der Waals surface area (Å²) in [6.45, 7) is 0. The van der Waals surface area contributed by atoms with Crippen LogP contribution in [0.3, 0.4) is 0 Å². The van der Waals surface area contributed by atoms with E-state index in [1.54, 1.807) is 0 Å². The highest BCUT2D eigenvalue weighted by molar-refractivity contribution is 5.86. The number of hydrogen-bond donors (Lipinski definition) is 0. The Kier molecular flexibility index (Phi) is 9.53. The van der Waals surface area contributed by atoms with Crippen LogP contribution in [0.2, 0.25) is 0 Å². The topological polar surface area (TPSA) is 77.3 Å². The molecule has 0 saturated heterocycles. The fraction of sp³-hybridized carbons (Fsp3) is 0.0323. The van der Waals surface area contributed by atoms with Gasteiger partial charge in [0.25, 0.3) is 0 Å². The van der Waals surface area contributed by atoms with Gasteiger partial charge in [0.2, 0.25) is 0 Å². The van der Waals surface area contributed by atoms with Crippen LogP contribution >= 0.6 is 0 Å². The fourth-order valence-electron chi connectivity index (χ4n) is 10.4. The van der Waals surface area contributed by atoms with E-state index >= 15 is 0 Å². The number of pyridine rings is 2. The lowest BCUT2D eigenvalue weighted by molar-refractivity contribution is 0.754. The average molecular weight is 869 g/mol. The van der Waals surface area contributed by atoms with Gasteiger partial charge in [0.1, 0.15) is 0 Å². The van der Waals surface area contributed by atoms with Crippen molar-refractivity contribution in [2.24, 2.45) is 0 Å². The molecule has 4 heterocycles. The van der Waals surface area contributed by atoms with E-state index < -0.39 is 0 Å². The van der Waals surface area contributed by atoms with E-state index in [1.807, 2.05) is 61.2 Å². The smallest absolute Gasteiger partial charge is 0.160 e. The molecular formula is C62H40N6. The Balaban J connectivity index is 0.943. The van der Waals surface area contributed by atoms with Crippen molar-refractivity contribution in [2.45, 2.75) is 11.8 Å². The van der Waals surface area contributed by atoms with Crippen molar-refractivity contribution in [2.75, 3.05) is 0 Å². The van der Waals surface area contributed by atoms with Gasteiger partial charge in [-0.2, -0.15) is 0 Å². The van der Waals surface area contributed by atoms with E-state index in [1.165, 1.54) is 33.4 Å². The molecule has 6 nitrogen and oxygen atoms in total. The first-order valence-electron chi connectivity index (χ1n) is 23.0. The molecule has 318 valence electrons. The minimum absolute atomic E-state index is 0.0266. The molecule has 7 aromatic carbocycles. The Bertz CT molecular complexity index is 3440. The summed E-state index contributed by atoms with van der Waals surface area (Å²) in [6.07, 6.45) is 7.35. The SMILES string of the molecule is c1ccc(-c2cc(-c3ccccc3-c3ccncc3)nc(-c3ccc4c(c3)C3c5ccccc5[C@H]4c4cc(-c5nc(-c6ccccc6)cc(-c6ccccc6-c6ccncc6)n5)ccc43)n2)cc1. The molecule has 4 aromatic heterocycles. The van der Waals surface area contributed by atoms with Gasteiger partial charge in [-0.05, 0) is 104 Å². The molecule has 2 atom stereocenters. The zero-order chi connectivity index (χ0) is 45.0. The van der Waals surface area contributed by atoms with Gasteiger partial charge in [-0.25, -0.2) is 19.9 Å². The third-order valence-corrected chi connectivity index (χ3v) is 13.5. The summed E-state index contributed by atoms with van der Waals surface area (Å²) in [5, 5.41) is 0. The van der Waals surface area contributed by atoms with Crippen molar-refractivity contribution in [1.29, 1.82) is 0 Å². The maximum atomic E-state index is 5.37. The highest BCUT2D eigenvalue weighted by atomic mass is 14.9. The zero-order valence-electron chi connectivity index (χ0n) is 36.8. The minimum atomic E-state index is 0.0266. The summed E-state index contributed by atoms with van der Waals surface area (Å²) in [4.78, 5) is 29.9. The summed E-state index contributed by atoms with van der Waals surface area (Å²) >= 11 is 0. The number of nitrogens with zero attached hydrogens (tertiary/aromatic N) is 6. The molecule has 0 fully saturated rings. The van der Waals surface area contributed by atoms with E-state index in [0.717, 1.165) is 78.4 Å². The monoisotopic (exact) mass is 868 g/mol. The van der Waals surface area contributed by atoms with Crippen LogP contribution < -0.4 is 0 Å². The minimum Gasteiger partial charge on any atom is -0.265 e. The van der Waals surface area contributed by atoms with Crippen molar-refractivity contribution < 1.29 is 0 Å². The molecule has 3 aliphatic carbocycles. The van der Waals surface area contributed by atoms with Gasteiger partial charge >= 0.3 is 0 Å². The standard InChI is InChI=1S/C62H40N6/c1-3-13-41(14-4-1)55-37-57(47-19-9-7-17-45(47)39-27-31-63-32-28-39)67-61(65-55)43-23-25-51-53(35-43)59-49-21-11-12-22-50(49)60(51)54-36-44(24-26-52(54)59)62-66-56(42-15-5-2-6-16-42)38-58(68-62)48-20-10-8-18-46(48)40-29-33-64-34-30-40/h1-38,59-60H/t59-,60?/m1/s1. The average Bonchev–Trinajstić information content (AvgIpc) is 3.43. The molecule has 6 heteroatoms. The lowest BCUT2D eigenvalue weighted by Gasteiger charge is -2.42. The van der Waals surface area contributed by atoms with Crippen molar-refractivity contribution in [3.05, 3.63) is 264 Å². The van der Waals surface area contributed by atoms with Crippen molar-refractivity contribution >= 4 is 0 Å². The number of aromatic nitrogens is 6. The van der Waals surface area contributed by atoms with Crippen LogP contribution in [0.15, 0.2) is 231 Å². The Labute approximate surface area is 394 Å². The van der Waals surface area contributed by atoms with Gasteiger partial charge in [-0.1, -0.05) is 158 Å². The Morgan fingerprint density at radius 3 is 1.01 bits per heavy atom. The van der Waals surface area contributed by atoms with Gasteiger partial charge in [-0.3, -0.25) is 9.97 Å². The third kappa shape index (κ3) is 6.81. The van der Waals surface area contributed by atoms with E-state index in [9.17, 15) is 0 Å². The predicted molar refractivity (Wildman–Crippen MR) is 271 cm³/mol. The van der Waals surface area contributed by atoms with Crippen molar-refractivity contribution in [3.8, 4) is 90.1 Å². The van der Waals surface area contributed by atoms with Gasteiger partial charge < -0.3 is 0 Å². The molecule has 0 N–H and O–H groups in total. The molecule has 11 aromatic rings. The van der Waals surface area contributed by atoms with E-state index in [0.29, 0.717) is 11.6 Å². The van der Waals surface area contributed by atoms with Crippen molar-refractivity contribution in [1.82, 2.24) is 29.9 Å². The second-order valence-electron chi connectivity index (χ2n) is 17.4. The molecule has 14 rings (SSSR count). The second-order valence-corrected chi connectivity index (χ2v) is 17.4. The summed E-state index contributed by atoms with van der Waals surface area (Å²) in [6, 6.07) is 72.8. The Hall–Kier alpha value is -9.00. The van der Waals surface area contributed by atoms with Crippen LogP contribution in [-0.4, -0.2) is 29.9 Å². The lowest BCUT2D eigenvalue weighted by Crippen LogP contribution is -2.27. The number of rotatable bonds is 8. The first-order chi connectivity index (χ1) is 33.7. The Morgan fingerprint density at radius 1 is 0.235 bits per heavy atom. The highest BCUT2D eigenvalue weighted by Gasteiger charge is 2.41.